The van der Waals surface area contributed by atoms with Crippen LogP contribution < -0.4 is 15.5 Å². The van der Waals surface area contributed by atoms with Crippen LogP contribution in [0.2, 0.25) is 0 Å². The number of nitrogens with one attached hydrogen (secondary N) is 2. The van der Waals surface area contributed by atoms with Crippen molar-refractivity contribution in [1.82, 2.24) is 15.3 Å². The van der Waals surface area contributed by atoms with E-state index < -0.39 is 24.0 Å². The van der Waals surface area contributed by atoms with Gasteiger partial charge in [0.25, 0.3) is 0 Å². The van der Waals surface area contributed by atoms with Crippen LogP contribution in [0.1, 0.15) is 38.0 Å². The summed E-state index contributed by atoms with van der Waals surface area (Å²) in [6, 6.07) is 4.58. The summed E-state index contributed by atoms with van der Waals surface area (Å²) in [5.74, 6) is 0.205. The van der Waals surface area contributed by atoms with Crippen LogP contribution in [0.3, 0.4) is 0 Å². The first-order valence-electron chi connectivity index (χ1n) is 10.2. The first kappa shape index (κ1) is 22.3. The summed E-state index contributed by atoms with van der Waals surface area (Å²) in [6.45, 7) is 6.68. The van der Waals surface area contributed by atoms with E-state index in [0.29, 0.717) is 25.5 Å². The molecule has 2 aliphatic rings. The lowest BCUT2D eigenvalue weighted by atomic mass is 9.95. The maximum atomic E-state index is 15.0. The molecule has 2 aromatic heterocycles. The highest BCUT2D eigenvalue weighted by atomic mass is 19.4. The van der Waals surface area contributed by atoms with Gasteiger partial charge in [0.05, 0.1) is 11.3 Å². The molecule has 0 bridgehead atoms. The Hall–Kier alpha value is -2.95. The fourth-order valence-corrected chi connectivity index (χ4v) is 3.88. The zero-order valence-corrected chi connectivity index (χ0v) is 17.8. The number of cyclic esters (lactones) is 1. The van der Waals surface area contributed by atoms with Gasteiger partial charge in [0.1, 0.15) is 17.3 Å². The van der Waals surface area contributed by atoms with Crippen molar-refractivity contribution in [2.24, 2.45) is 0 Å². The Kier molecular flexibility index (Phi) is 5.48. The lowest BCUT2D eigenvalue weighted by Crippen LogP contribution is -2.49. The third-order valence-electron chi connectivity index (χ3n) is 5.46. The first-order chi connectivity index (χ1) is 14.9. The van der Waals surface area contributed by atoms with Gasteiger partial charge in [-0.15, -0.1) is 0 Å². The molecule has 0 aliphatic carbocycles. The molecular weight excluding hydrogens is 430 g/mol. The third-order valence-corrected chi connectivity index (χ3v) is 5.46. The van der Waals surface area contributed by atoms with Crippen molar-refractivity contribution in [1.29, 1.82) is 0 Å². The largest absolute Gasteiger partial charge is 0.431 e. The zero-order chi connectivity index (χ0) is 23.3. The van der Waals surface area contributed by atoms with Crippen molar-refractivity contribution in [3.05, 3.63) is 35.5 Å². The van der Waals surface area contributed by atoms with E-state index in [2.05, 4.69) is 25.3 Å². The molecule has 1 amide bonds. The molecule has 1 saturated heterocycles. The van der Waals surface area contributed by atoms with Crippen LogP contribution in [0.5, 0.6) is 0 Å². The highest BCUT2D eigenvalue weighted by molar-refractivity contribution is 5.89. The minimum atomic E-state index is -4.86. The number of pyridine rings is 2. The molecule has 11 heteroatoms. The second kappa shape index (κ2) is 7.88. The molecule has 0 unspecified atom stereocenters. The number of nitrogens with zero attached hydrogens (tertiary/aromatic N) is 3. The molecule has 0 saturated carbocycles. The minimum Gasteiger partial charge on any atom is -0.431 e. The van der Waals surface area contributed by atoms with E-state index in [1.165, 1.54) is 32.2 Å². The van der Waals surface area contributed by atoms with Crippen molar-refractivity contribution in [2.75, 3.05) is 29.9 Å². The van der Waals surface area contributed by atoms with E-state index in [4.69, 9.17) is 0 Å². The monoisotopic (exact) mass is 453 g/mol. The maximum Gasteiger partial charge on any atom is 0.430 e. The van der Waals surface area contributed by atoms with Crippen LogP contribution in [0, 0.1) is 0 Å². The number of alkyl halides is 4. The van der Waals surface area contributed by atoms with Gasteiger partial charge in [0.2, 0.25) is 6.10 Å². The van der Waals surface area contributed by atoms with Crippen molar-refractivity contribution >= 4 is 17.7 Å². The molecule has 2 aliphatic heterocycles. The van der Waals surface area contributed by atoms with Gasteiger partial charge in [-0.05, 0) is 44.5 Å². The van der Waals surface area contributed by atoms with E-state index in [0.717, 1.165) is 0 Å². The van der Waals surface area contributed by atoms with E-state index >= 15 is 0 Å². The van der Waals surface area contributed by atoms with E-state index in [9.17, 15) is 22.4 Å². The standard InChI is InChI=1S/C21H23F4N5O2/c1-11-10-30(7-6-26-11)15-9-12(20(2,3)22)8-14(28-15)13-4-5-27-18-16(13)17(21(23,24)25)32-19(31)29-18/h4-5,8-9,11,17,26H,6-7,10H2,1-3H3,(H,27,29,31)/t11-,17+/m0/s1. The number of carbonyl (C=O) groups is 1. The Labute approximate surface area is 182 Å². The number of ether oxygens (including phenoxy) is 1. The normalized spacial score (nSPS) is 21.6. The Morgan fingerprint density at radius 3 is 2.62 bits per heavy atom. The molecule has 1 fully saturated rings. The van der Waals surface area contributed by atoms with Gasteiger partial charge in [-0.3, -0.25) is 5.32 Å². The van der Waals surface area contributed by atoms with Gasteiger partial charge in [-0.2, -0.15) is 13.2 Å². The highest BCUT2D eigenvalue weighted by Crippen LogP contribution is 2.45. The molecule has 2 aromatic rings. The van der Waals surface area contributed by atoms with E-state index in [1.54, 1.807) is 6.07 Å². The first-order valence-corrected chi connectivity index (χ1v) is 10.2. The molecule has 2 atom stereocenters. The van der Waals surface area contributed by atoms with Crippen LogP contribution in [0.4, 0.5) is 34.0 Å². The molecule has 4 heterocycles. The number of amides is 1. The number of fused-ring (bicyclic) bond motifs is 1. The number of anilines is 2. The van der Waals surface area contributed by atoms with Crippen molar-refractivity contribution in [3.8, 4) is 11.3 Å². The Bertz CT molecular complexity index is 1040. The average molecular weight is 453 g/mol. The van der Waals surface area contributed by atoms with Gasteiger partial charge in [-0.1, -0.05) is 0 Å². The number of aromatic nitrogens is 2. The van der Waals surface area contributed by atoms with Crippen molar-refractivity contribution in [2.45, 2.75) is 44.8 Å². The SMILES string of the molecule is C[C@H]1CN(c2cc(C(C)(C)F)cc(-c3ccnc4c3[C@H](C(F)(F)F)OC(=O)N4)n2)CCN1. The van der Waals surface area contributed by atoms with E-state index in [1.807, 2.05) is 11.8 Å². The highest BCUT2D eigenvalue weighted by Gasteiger charge is 2.49. The summed E-state index contributed by atoms with van der Waals surface area (Å²) < 4.78 is 60.8. The zero-order valence-electron chi connectivity index (χ0n) is 17.8. The number of carbonyl (C=O) groups excluding carboxylic acids is 1. The summed E-state index contributed by atoms with van der Waals surface area (Å²) in [7, 11) is 0. The molecule has 7 nitrogen and oxygen atoms in total. The lowest BCUT2D eigenvalue weighted by molar-refractivity contribution is -0.206. The number of hydrogen-bond donors (Lipinski definition) is 2. The van der Waals surface area contributed by atoms with Gasteiger partial charge in [0, 0.05) is 37.4 Å². The Balaban J connectivity index is 1.90. The second-order valence-corrected chi connectivity index (χ2v) is 8.45. The Morgan fingerprint density at radius 1 is 1.22 bits per heavy atom. The molecule has 0 spiro atoms. The van der Waals surface area contributed by atoms with Gasteiger partial charge in [-0.25, -0.2) is 19.2 Å². The van der Waals surface area contributed by atoms with Crippen LogP contribution in [-0.4, -0.2) is 47.9 Å². The fourth-order valence-electron chi connectivity index (χ4n) is 3.88. The smallest absolute Gasteiger partial charge is 0.430 e. The predicted octanol–water partition coefficient (Wildman–Crippen LogP) is 4.31. The lowest BCUT2D eigenvalue weighted by Gasteiger charge is -2.34. The van der Waals surface area contributed by atoms with Gasteiger partial charge >= 0.3 is 12.3 Å². The van der Waals surface area contributed by atoms with Crippen LogP contribution in [0.25, 0.3) is 11.3 Å². The molecule has 0 radical (unpaired) electrons. The summed E-state index contributed by atoms with van der Waals surface area (Å²) in [5, 5.41) is 5.51. The summed E-state index contributed by atoms with van der Waals surface area (Å²) in [6.07, 6.45) is -7.35. The summed E-state index contributed by atoms with van der Waals surface area (Å²) in [4.78, 5) is 22.1. The van der Waals surface area contributed by atoms with Crippen LogP contribution in [-0.2, 0) is 10.4 Å². The molecule has 2 N–H and O–H groups in total. The number of hydrogen-bond acceptors (Lipinski definition) is 6. The van der Waals surface area contributed by atoms with Crippen LogP contribution in [0.15, 0.2) is 24.4 Å². The summed E-state index contributed by atoms with van der Waals surface area (Å²) >= 11 is 0. The van der Waals surface area contributed by atoms with Crippen molar-refractivity contribution in [3.63, 3.8) is 0 Å². The third kappa shape index (κ3) is 4.34. The molecule has 4 rings (SSSR count). The topological polar surface area (TPSA) is 79.4 Å². The predicted molar refractivity (Wildman–Crippen MR) is 110 cm³/mol. The molecular formula is C21H23F4N5O2. The number of halogens is 4. The number of piperazine rings is 1. The fraction of sp³-hybridized carbons (Fsp3) is 0.476. The Morgan fingerprint density at radius 2 is 1.97 bits per heavy atom. The van der Waals surface area contributed by atoms with Crippen molar-refractivity contribution < 1.29 is 27.1 Å². The second-order valence-electron chi connectivity index (χ2n) is 8.45. The summed E-state index contributed by atoms with van der Waals surface area (Å²) in [5.41, 5.74) is -1.64. The molecule has 172 valence electrons. The number of rotatable bonds is 3. The molecule has 32 heavy (non-hydrogen) atoms. The molecule has 0 aromatic carbocycles. The van der Waals surface area contributed by atoms with E-state index in [-0.39, 0.29) is 34.2 Å². The maximum absolute atomic E-state index is 15.0. The quantitative estimate of drug-likeness (QED) is 0.675. The minimum absolute atomic E-state index is 0.0628. The van der Waals surface area contributed by atoms with Crippen LogP contribution >= 0.6 is 0 Å². The average Bonchev–Trinajstić information content (AvgIpc) is 2.71. The van der Waals surface area contributed by atoms with Gasteiger partial charge < -0.3 is 15.0 Å². The van der Waals surface area contributed by atoms with Gasteiger partial charge in [0.15, 0.2) is 0 Å².